The third kappa shape index (κ3) is 3.50. The first-order chi connectivity index (χ1) is 9.58. The lowest BCUT2D eigenvalue weighted by Crippen LogP contribution is -2.55. The highest BCUT2D eigenvalue weighted by molar-refractivity contribution is 5.94. The molecule has 1 aromatic rings. The Morgan fingerprint density at radius 2 is 1.80 bits per heavy atom. The van der Waals surface area contributed by atoms with Gasteiger partial charge in [0, 0.05) is 18.8 Å². The van der Waals surface area contributed by atoms with Gasteiger partial charge >= 0.3 is 6.03 Å². The van der Waals surface area contributed by atoms with E-state index in [2.05, 4.69) is 10.6 Å². The molecule has 20 heavy (non-hydrogen) atoms. The maximum Gasteiger partial charge on any atom is 0.319 e. The van der Waals surface area contributed by atoms with E-state index in [9.17, 15) is 9.59 Å². The van der Waals surface area contributed by atoms with Gasteiger partial charge in [-0.1, -0.05) is 32.0 Å². The fourth-order valence-corrected chi connectivity index (χ4v) is 2.08. The highest BCUT2D eigenvalue weighted by Gasteiger charge is 2.31. The van der Waals surface area contributed by atoms with Crippen LogP contribution in [0.5, 0.6) is 0 Å². The molecule has 5 nitrogen and oxygen atoms in total. The van der Waals surface area contributed by atoms with Crippen LogP contribution in [0.4, 0.5) is 10.5 Å². The minimum atomic E-state index is -0.473. The van der Waals surface area contributed by atoms with Crippen molar-refractivity contribution in [2.24, 2.45) is 5.92 Å². The predicted octanol–water partition coefficient (Wildman–Crippen LogP) is 2.06. The number of amides is 3. The van der Waals surface area contributed by atoms with Gasteiger partial charge in [0.1, 0.15) is 6.04 Å². The minimum absolute atomic E-state index is 0.00876. The maximum atomic E-state index is 12.2. The van der Waals surface area contributed by atoms with Gasteiger partial charge in [0.05, 0.1) is 0 Å². The summed E-state index contributed by atoms with van der Waals surface area (Å²) in [7, 11) is 0. The van der Waals surface area contributed by atoms with Gasteiger partial charge < -0.3 is 15.5 Å². The summed E-state index contributed by atoms with van der Waals surface area (Å²) in [6.07, 6.45) is 1.05. The second-order valence-corrected chi connectivity index (χ2v) is 5.37. The van der Waals surface area contributed by atoms with Crippen molar-refractivity contribution in [2.75, 3.05) is 18.4 Å². The number of benzene rings is 1. The molecule has 1 saturated heterocycles. The number of hydrogen-bond donors (Lipinski definition) is 2. The van der Waals surface area contributed by atoms with Gasteiger partial charge in [-0.05, 0) is 24.5 Å². The van der Waals surface area contributed by atoms with Crippen LogP contribution in [0.2, 0.25) is 0 Å². The zero-order valence-corrected chi connectivity index (χ0v) is 11.9. The second kappa shape index (κ2) is 6.41. The van der Waals surface area contributed by atoms with E-state index in [-0.39, 0.29) is 17.9 Å². The Hall–Kier alpha value is -2.04. The molecule has 2 N–H and O–H groups in total. The van der Waals surface area contributed by atoms with Crippen LogP contribution in [0.25, 0.3) is 0 Å². The fraction of sp³-hybridized carbons (Fsp3) is 0.467. The summed E-state index contributed by atoms with van der Waals surface area (Å²) in [6, 6.07) is 8.37. The molecule has 0 aliphatic carbocycles. The van der Waals surface area contributed by atoms with Gasteiger partial charge in [-0.3, -0.25) is 4.79 Å². The van der Waals surface area contributed by atoms with Crippen LogP contribution in [0.1, 0.15) is 20.3 Å². The molecule has 5 heteroatoms. The molecule has 1 aliphatic rings. The molecule has 0 saturated carbocycles. The molecule has 1 heterocycles. The van der Waals surface area contributed by atoms with E-state index >= 15 is 0 Å². The number of urea groups is 1. The van der Waals surface area contributed by atoms with Gasteiger partial charge in [-0.2, -0.15) is 0 Å². The van der Waals surface area contributed by atoms with E-state index < -0.39 is 6.04 Å². The largest absolute Gasteiger partial charge is 0.341 e. The summed E-state index contributed by atoms with van der Waals surface area (Å²) in [4.78, 5) is 26.0. The molecule has 0 spiro atoms. The number of hydrogen-bond acceptors (Lipinski definition) is 2. The lowest BCUT2D eigenvalue weighted by Gasteiger charge is -2.35. The molecule has 0 bridgehead atoms. The second-order valence-electron chi connectivity index (χ2n) is 5.37. The van der Waals surface area contributed by atoms with Crippen molar-refractivity contribution >= 4 is 17.6 Å². The highest BCUT2D eigenvalue weighted by atomic mass is 16.2. The third-order valence-corrected chi connectivity index (χ3v) is 3.42. The Morgan fingerprint density at radius 3 is 2.30 bits per heavy atom. The van der Waals surface area contributed by atoms with Crippen molar-refractivity contribution in [3.8, 4) is 0 Å². The lowest BCUT2D eigenvalue weighted by molar-refractivity contribution is -0.137. The van der Waals surface area contributed by atoms with Crippen molar-refractivity contribution in [3.05, 3.63) is 30.3 Å². The number of rotatable bonds is 4. The summed E-state index contributed by atoms with van der Waals surface area (Å²) >= 11 is 0. The Balaban J connectivity index is 1.93. The number of anilines is 1. The lowest BCUT2D eigenvalue weighted by atomic mass is 10.0. The number of para-hydroxylation sites is 1. The molecule has 0 aromatic heterocycles. The molecule has 1 unspecified atom stereocenters. The summed E-state index contributed by atoms with van der Waals surface area (Å²) in [5.74, 6) is 0.0686. The van der Waals surface area contributed by atoms with Crippen LogP contribution in [-0.4, -0.2) is 36.0 Å². The van der Waals surface area contributed by atoms with E-state index in [1.807, 2.05) is 32.0 Å². The molecule has 1 atom stereocenters. The summed E-state index contributed by atoms with van der Waals surface area (Å²) in [5, 5.41) is 5.51. The molecule has 2 rings (SSSR count). The number of carbonyl (C=O) groups is 2. The first kappa shape index (κ1) is 14.4. The van der Waals surface area contributed by atoms with Crippen LogP contribution < -0.4 is 10.6 Å². The average Bonchev–Trinajstić information content (AvgIpc) is 2.34. The van der Waals surface area contributed by atoms with Gasteiger partial charge in [0.15, 0.2) is 0 Å². The van der Waals surface area contributed by atoms with E-state index in [4.69, 9.17) is 0 Å². The average molecular weight is 275 g/mol. The molecule has 3 amide bonds. The van der Waals surface area contributed by atoms with E-state index in [1.165, 1.54) is 0 Å². The number of nitrogens with zero attached hydrogens (tertiary/aromatic N) is 1. The Bertz CT molecular complexity index is 469. The van der Waals surface area contributed by atoms with Crippen molar-refractivity contribution in [1.82, 2.24) is 10.2 Å². The summed E-state index contributed by atoms with van der Waals surface area (Å²) in [5.41, 5.74) is 0.712. The Morgan fingerprint density at radius 1 is 1.15 bits per heavy atom. The smallest absolute Gasteiger partial charge is 0.319 e. The molecular formula is C15H21N3O2. The molecule has 1 aliphatic heterocycles. The fourth-order valence-electron chi connectivity index (χ4n) is 2.08. The summed E-state index contributed by atoms with van der Waals surface area (Å²) in [6.45, 7) is 5.46. The molecule has 0 radical (unpaired) electrons. The molecule has 108 valence electrons. The van der Waals surface area contributed by atoms with Crippen molar-refractivity contribution < 1.29 is 9.59 Å². The highest BCUT2D eigenvalue weighted by Crippen LogP contribution is 2.13. The topological polar surface area (TPSA) is 61.4 Å². The zero-order chi connectivity index (χ0) is 14.5. The van der Waals surface area contributed by atoms with Crippen LogP contribution in [0.3, 0.4) is 0 Å². The Kier molecular flexibility index (Phi) is 4.61. The first-order valence-corrected chi connectivity index (χ1v) is 6.99. The van der Waals surface area contributed by atoms with Crippen molar-refractivity contribution in [1.29, 1.82) is 0 Å². The molecule has 1 aromatic carbocycles. The predicted molar refractivity (Wildman–Crippen MR) is 78.4 cm³/mol. The van der Waals surface area contributed by atoms with Gasteiger partial charge in [-0.15, -0.1) is 0 Å². The van der Waals surface area contributed by atoms with Crippen molar-refractivity contribution in [2.45, 2.75) is 26.3 Å². The Labute approximate surface area is 119 Å². The van der Waals surface area contributed by atoms with Crippen LogP contribution in [0.15, 0.2) is 30.3 Å². The van der Waals surface area contributed by atoms with E-state index in [1.54, 1.807) is 17.0 Å². The number of nitrogens with one attached hydrogen (secondary N) is 2. The normalized spacial score (nSPS) is 15.4. The zero-order valence-electron chi connectivity index (χ0n) is 11.9. The third-order valence-electron chi connectivity index (χ3n) is 3.42. The molecular weight excluding hydrogens is 254 g/mol. The van der Waals surface area contributed by atoms with Gasteiger partial charge in [0.2, 0.25) is 5.91 Å². The SMILES string of the molecule is CC(C)C(NC(=O)Nc1ccccc1)C(=O)N1CCC1. The quantitative estimate of drug-likeness (QED) is 0.883. The number of carbonyl (C=O) groups excluding carboxylic acids is 2. The number of likely N-dealkylation sites (tertiary alicyclic amines) is 1. The standard InChI is InChI=1S/C15H21N3O2/c1-11(2)13(14(19)18-9-6-10-18)17-15(20)16-12-7-4-3-5-8-12/h3-5,7-8,11,13H,6,9-10H2,1-2H3,(H2,16,17,20). The van der Waals surface area contributed by atoms with Crippen LogP contribution in [-0.2, 0) is 4.79 Å². The first-order valence-electron chi connectivity index (χ1n) is 6.99. The summed E-state index contributed by atoms with van der Waals surface area (Å²) < 4.78 is 0. The monoisotopic (exact) mass is 275 g/mol. The van der Waals surface area contributed by atoms with E-state index in [0.717, 1.165) is 19.5 Å². The van der Waals surface area contributed by atoms with Crippen LogP contribution in [0, 0.1) is 5.92 Å². The molecule has 1 fully saturated rings. The van der Waals surface area contributed by atoms with E-state index in [0.29, 0.717) is 5.69 Å². The maximum absolute atomic E-state index is 12.2. The van der Waals surface area contributed by atoms with Crippen molar-refractivity contribution in [3.63, 3.8) is 0 Å². The van der Waals surface area contributed by atoms with Gasteiger partial charge in [-0.25, -0.2) is 4.79 Å². The minimum Gasteiger partial charge on any atom is -0.341 e. The van der Waals surface area contributed by atoms with Gasteiger partial charge in [0.25, 0.3) is 0 Å². The van der Waals surface area contributed by atoms with Crippen LogP contribution >= 0.6 is 0 Å².